The molecule has 10 heteroatoms. The summed E-state index contributed by atoms with van der Waals surface area (Å²) in [6, 6.07) is 6.02. The number of carbonyl (C=O) groups is 1. The number of carbonyl (C=O) groups excluding carboxylic acids is 1. The standard InChI is InChI=1S/C24H25F3N6O/c1-12-8-15(4-5-18(12)25)16-9-29-22(30-10-16)14(3)32-24-28-7-6-19(33-24)20-17(11-31-23(20)34)13(2)21(26)27/h4-10,13-14,17,20-21H,11H2,1-3H3,(H,31,34)(H,28,32,33)/t13-,14+,17?,20+/m1/s1. The molecule has 2 N–H and O–H groups in total. The fraction of sp³-hybridized carbons (Fsp3) is 0.375. The number of nitrogens with one attached hydrogen (secondary N) is 2. The van der Waals surface area contributed by atoms with Gasteiger partial charge in [0.05, 0.1) is 17.7 Å². The van der Waals surface area contributed by atoms with E-state index in [0.717, 1.165) is 11.1 Å². The van der Waals surface area contributed by atoms with Crippen LogP contribution < -0.4 is 10.6 Å². The number of amides is 1. The van der Waals surface area contributed by atoms with Crippen molar-refractivity contribution < 1.29 is 18.0 Å². The van der Waals surface area contributed by atoms with Crippen molar-refractivity contribution in [2.75, 3.05) is 11.9 Å². The predicted octanol–water partition coefficient (Wildman–Crippen LogP) is 4.29. The second kappa shape index (κ2) is 9.74. The monoisotopic (exact) mass is 470 g/mol. The van der Waals surface area contributed by atoms with E-state index in [1.165, 1.54) is 19.2 Å². The van der Waals surface area contributed by atoms with Gasteiger partial charge in [-0.05, 0) is 43.2 Å². The minimum atomic E-state index is -2.53. The van der Waals surface area contributed by atoms with Gasteiger partial charge in [0.25, 0.3) is 0 Å². The number of halogens is 3. The lowest BCUT2D eigenvalue weighted by atomic mass is 9.83. The molecule has 4 atom stereocenters. The second-order valence-corrected chi connectivity index (χ2v) is 8.55. The van der Waals surface area contributed by atoms with Crippen molar-refractivity contribution in [3.05, 3.63) is 65.8 Å². The molecule has 1 aliphatic rings. The molecule has 3 aromatic rings. The van der Waals surface area contributed by atoms with E-state index in [0.29, 0.717) is 17.1 Å². The van der Waals surface area contributed by atoms with Gasteiger partial charge in [0.15, 0.2) is 0 Å². The first kappa shape index (κ1) is 23.6. The summed E-state index contributed by atoms with van der Waals surface area (Å²) in [6.07, 6.45) is 2.28. The average Bonchev–Trinajstić information content (AvgIpc) is 3.21. The van der Waals surface area contributed by atoms with Crippen molar-refractivity contribution in [2.24, 2.45) is 11.8 Å². The molecule has 178 valence electrons. The van der Waals surface area contributed by atoms with Crippen molar-refractivity contribution in [2.45, 2.75) is 39.2 Å². The normalized spacial score (nSPS) is 19.7. The van der Waals surface area contributed by atoms with E-state index in [9.17, 15) is 18.0 Å². The highest BCUT2D eigenvalue weighted by molar-refractivity contribution is 5.85. The first-order valence-electron chi connectivity index (χ1n) is 11.0. The average molecular weight is 470 g/mol. The van der Waals surface area contributed by atoms with Gasteiger partial charge in [-0.2, -0.15) is 0 Å². The Hall–Kier alpha value is -3.56. The molecular formula is C24H25F3N6O. The molecule has 0 bridgehead atoms. The lowest BCUT2D eigenvalue weighted by Gasteiger charge is -2.22. The van der Waals surface area contributed by atoms with Crippen molar-refractivity contribution in [3.8, 4) is 11.1 Å². The summed E-state index contributed by atoms with van der Waals surface area (Å²) < 4.78 is 40.1. The van der Waals surface area contributed by atoms with E-state index in [2.05, 4.69) is 30.6 Å². The third-order valence-electron chi connectivity index (χ3n) is 6.19. The Labute approximate surface area is 195 Å². The Morgan fingerprint density at radius 3 is 2.50 bits per heavy atom. The summed E-state index contributed by atoms with van der Waals surface area (Å²) in [5.74, 6) is -2.13. The van der Waals surface area contributed by atoms with Gasteiger partial charge >= 0.3 is 0 Å². The minimum absolute atomic E-state index is 0.186. The van der Waals surface area contributed by atoms with Crippen LogP contribution >= 0.6 is 0 Å². The molecule has 4 rings (SSSR count). The van der Waals surface area contributed by atoms with E-state index >= 15 is 0 Å². The van der Waals surface area contributed by atoms with Crippen LogP contribution in [-0.2, 0) is 4.79 Å². The van der Waals surface area contributed by atoms with Gasteiger partial charge in [-0.15, -0.1) is 0 Å². The summed E-state index contributed by atoms with van der Waals surface area (Å²) in [5, 5.41) is 5.77. The largest absolute Gasteiger partial charge is 0.355 e. The van der Waals surface area contributed by atoms with Gasteiger partial charge in [-0.25, -0.2) is 33.1 Å². The van der Waals surface area contributed by atoms with Gasteiger partial charge in [-0.1, -0.05) is 13.0 Å². The Kier molecular flexibility index (Phi) is 6.76. The number of nitrogens with zero attached hydrogens (tertiary/aromatic N) is 4. The molecule has 1 aliphatic heterocycles. The van der Waals surface area contributed by atoms with Crippen LogP contribution in [0.25, 0.3) is 11.1 Å². The Bertz CT molecular complexity index is 1170. The van der Waals surface area contributed by atoms with Gasteiger partial charge in [-0.3, -0.25) is 4.79 Å². The second-order valence-electron chi connectivity index (χ2n) is 8.55. The molecule has 0 radical (unpaired) electrons. The van der Waals surface area contributed by atoms with Gasteiger partial charge in [0, 0.05) is 42.5 Å². The van der Waals surface area contributed by atoms with Gasteiger partial charge in [0.2, 0.25) is 18.3 Å². The molecule has 34 heavy (non-hydrogen) atoms. The van der Waals surface area contributed by atoms with Crippen LogP contribution in [0.5, 0.6) is 0 Å². The Morgan fingerprint density at radius 1 is 1.09 bits per heavy atom. The fourth-order valence-electron chi connectivity index (χ4n) is 4.08. The van der Waals surface area contributed by atoms with Crippen LogP contribution in [0.4, 0.5) is 19.1 Å². The van der Waals surface area contributed by atoms with Crippen LogP contribution in [0.2, 0.25) is 0 Å². The molecule has 0 aliphatic carbocycles. The van der Waals surface area contributed by atoms with Crippen molar-refractivity contribution >= 4 is 11.9 Å². The first-order valence-corrected chi connectivity index (χ1v) is 11.0. The molecule has 1 unspecified atom stereocenters. The smallest absolute Gasteiger partial charge is 0.241 e. The van der Waals surface area contributed by atoms with Gasteiger partial charge in [0.1, 0.15) is 11.6 Å². The zero-order valence-electron chi connectivity index (χ0n) is 19.0. The van der Waals surface area contributed by atoms with Crippen LogP contribution in [0.1, 0.15) is 42.9 Å². The summed E-state index contributed by atoms with van der Waals surface area (Å²) in [4.78, 5) is 29.8. The zero-order chi connectivity index (χ0) is 24.4. The molecule has 1 fully saturated rings. The van der Waals surface area contributed by atoms with Crippen molar-refractivity contribution in [3.63, 3.8) is 0 Å². The quantitative estimate of drug-likeness (QED) is 0.535. The summed E-state index contributed by atoms with van der Waals surface area (Å²) in [5.41, 5.74) is 2.49. The molecule has 3 heterocycles. The van der Waals surface area contributed by atoms with E-state index < -0.39 is 24.2 Å². The maximum atomic E-state index is 13.5. The Balaban J connectivity index is 1.49. The molecule has 2 aromatic heterocycles. The first-order chi connectivity index (χ1) is 16.2. The highest BCUT2D eigenvalue weighted by Gasteiger charge is 2.42. The molecule has 1 amide bonds. The molecular weight excluding hydrogens is 445 g/mol. The molecule has 1 aromatic carbocycles. The van der Waals surface area contributed by atoms with Crippen LogP contribution in [0.15, 0.2) is 42.9 Å². The number of aromatic nitrogens is 4. The number of hydrogen-bond acceptors (Lipinski definition) is 6. The number of benzene rings is 1. The van der Waals surface area contributed by atoms with E-state index in [1.807, 2.05) is 6.92 Å². The predicted molar refractivity (Wildman–Crippen MR) is 121 cm³/mol. The number of alkyl halides is 2. The molecule has 0 saturated carbocycles. The highest BCUT2D eigenvalue weighted by atomic mass is 19.3. The van der Waals surface area contributed by atoms with E-state index in [1.54, 1.807) is 37.5 Å². The number of anilines is 1. The van der Waals surface area contributed by atoms with Crippen LogP contribution in [0.3, 0.4) is 0 Å². The van der Waals surface area contributed by atoms with Gasteiger partial charge < -0.3 is 10.6 Å². The third kappa shape index (κ3) is 4.85. The zero-order valence-corrected chi connectivity index (χ0v) is 19.0. The minimum Gasteiger partial charge on any atom is -0.355 e. The topological polar surface area (TPSA) is 92.7 Å². The lowest BCUT2D eigenvalue weighted by Crippen LogP contribution is -2.26. The fourth-order valence-corrected chi connectivity index (χ4v) is 4.08. The van der Waals surface area contributed by atoms with E-state index in [-0.39, 0.29) is 30.3 Å². The maximum absolute atomic E-state index is 13.5. The number of hydrogen-bond donors (Lipinski definition) is 2. The summed E-state index contributed by atoms with van der Waals surface area (Å²) in [7, 11) is 0. The number of aryl methyl sites for hydroxylation is 1. The van der Waals surface area contributed by atoms with Crippen molar-refractivity contribution in [1.82, 2.24) is 25.3 Å². The molecule has 7 nitrogen and oxygen atoms in total. The van der Waals surface area contributed by atoms with Crippen LogP contribution in [-0.4, -0.2) is 38.8 Å². The van der Waals surface area contributed by atoms with Crippen molar-refractivity contribution in [1.29, 1.82) is 0 Å². The summed E-state index contributed by atoms with van der Waals surface area (Å²) >= 11 is 0. The lowest BCUT2D eigenvalue weighted by molar-refractivity contribution is -0.121. The molecule has 0 spiro atoms. The Morgan fingerprint density at radius 2 is 1.82 bits per heavy atom. The highest BCUT2D eigenvalue weighted by Crippen LogP contribution is 2.36. The third-order valence-corrected chi connectivity index (χ3v) is 6.19. The maximum Gasteiger partial charge on any atom is 0.241 e. The number of rotatable bonds is 7. The molecule has 1 saturated heterocycles. The summed E-state index contributed by atoms with van der Waals surface area (Å²) in [6.45, 7) is 5.15. The van der Waals surface area contributed by atoms with E-state index in [4.69, 9.17) is 0 Å². The SMILES string of the molecule is Cc1cc(-c2cnc([C@H](C)Nc3nccc([C@H]4C(=O)NCC4[C@@H](C)C(F)F)n3)nc2)ccc1F. The van der Waals surface area contributed by atoms with Crippen LogP contribution in [0, 0.1) is 24.6 Å².